The van der Waals surface area contributed by atoms with Crippen LogP contribution >= 0.6 is 11.6 Å². The Morgan fingerprint density at radius 1 is 1.22 bits per heavy atom. The number of ketones is 1. The fourth-order valence-electron chi connectivity index (χ4n) is 2.51. The molecule has 0 radical (unpaired) electrons. The maximum atomic E-state index is 11.7. The quantitative estimate of drug-likeness (QED) is 0.508. The van der Waals surface area contributed by atoms with E-state index < -0.39 is 0 Å². The van der Waals surface area contributed by atoms with E-state index in [1.54, 1.807) is 49.4 Å². The minimum absolute atomic E-state index is 0.0789. The van der Waals surface area contributed by atoms with Gasteiger partial charge in [-0.05, 0) is 51.1 Å². The molecule has 2 aromatic carbocycles. The second kappa shape index (κ2) is 9.02. The second-order valence-electron chi connectivity index (χ2n) is 6.00. The molecule has 0 aliphatic heterocycles. The maximum absolute atomic E-state index is 11.7. The monoisotopic (exact) mass is 381 g/mol. The molecule has 0 atom stereocenters. The highest BCUT2D eigenvalue weighted by molar-refractivity contribution is 6.32. The van der Waals surface area contributed by atoms with Crippen LogP contribution in [0.15, 0.2) is 53.7 Å². The van der Waals surface area contributed by atoms with Crippen molar-refractivity contribution in [2.45, 2.75) is 20.8 Å². The Morgan fingerprint density at radius 3 is 2.52 bits per heavy atom. The summed E-state index contributed by atoms with van der Waals surface area (Å²) in [5.74, 6) is 0.405. The van der Waals surface area contributed by atoms with Crippen LogP contribution in [-0.4, -0.2) is 18.1 Å². The lowest BCUT2D eigenvalue weighted by Crippen LogP contribution is -2.14. The Morgan fingerprint density at radius 2 is 1.93 bits per heavy atom. The predicted octanol–water partition coefficient (Wildman–Crippen LogP) is 5.22. The standard InChI is InChI=1S/C21H20ClN3O2/c1-13(24)19(12-27-21-7-5-4-6-18(21)15(3)26)14(2)25-17-9-8-16(11-23)20(22)10-17/h4-10,24-25H,12H2,1-3H3/b19-14-,24-13?. The molecule has 138 valence electrons. The average molecular weight is 382 g/mol. The third-order valence-electron chi connectivity index (χ3n) is 3.97. The summed E-state index contributed by atoms with van der Waals surface area (Å²) in [7, 11) is 0. The minimum Gasteiger partial charge on any atom is -0.488 e. The molecule has 0 aliphatic rings. The largest absolute Gasteiger partial charge is 0.488 e. The van der Waals surface area contributed by atoms with Gasteiger partial charge in [0.2, 0.25) is 0 Å². The zero-order chi connectivity index (χ0) is 20.0. The summed E-state index contributed by atoms with van der Waals surface area (Å²) in [6.07, 6.45) is 0. The molecule has 0 spiro atoms. The van der Waals surface area contributed by atoms with Crippen molar-refractivity contribution >= 4 is 28.8 Å². The summed E-state index contributed by atoms with van der Waals surface area (Å²) in [4.78, 5) is 11.7. The Labute approximate surface area is 163 Å². The number of para-hydroxylation sites is 1. The number of allylic oxidation sites excluding steroid dienone is 1. The first kappa shape index (κ1) is 20.2. The molecule has 0 unspecified atom stereocenters. The number of Topliss-reactive ketones (excluding diaryl/α,β-unsaturated/α-hetero) is 1. The van der Waals surface area contributed by atoms with E-state index in [0.29, 0.717) is 38.9 Å². The molecule has 0 fully saturated rings. The van der Waals surface area contributed by atoms with Crippen LogP contribution in [0, 0.1) is 16.7 Å². The van der Waals surface area contributed by atoms with Gasteiger partial charge in [-0.2, -0.15) is 5.26 Å². The third kappa shape index (κ3) is 5.19. The summed E-state index contributed by atoms with van der Waals surface area (Å²) in [5, 5.41) is 20.5. The molecule has 0 heterocycles. The van der Waals surface area contributed by atoms with E-state index in [2.05, 4.69) is 5.32 Å². The highest BCUT2D eigenvalue weighted by Crippen LogP contribution is 2.23. The number of hydrogen-bond donors (Lipinski definition) is 2. The number of benzene rings is 2. The summed E-state index contributed by atoms with van der Waals surface area (Å²) >= 11 is 6.07. The highest BCUT2D eigenvalue weighted by atomic mass is 35.5. The van der Waals surface area contributed by atoms with Crippen LogP contribution in [0.5, 0.6) is 5.75 Å². The lowest BCUT2D eigenvalue weighted by molar-refractivity contribution is 0.101. The first-order valence-electron chi connectivity index (χ1n) is 8.28. The Kier molecular flexibility index (Phi) is 6.75. The lowest BCUT2D eigenvalue weighted by atomic mass is 10.1. The van der Waals surface area contributed by atoms with Gasteiger partial charge < -0.3 is 15.5 Å². The van der Waals surface area contributed by atoms with Crippen molar-refractivity contribution in [1.82, 2.24) is 0 Å². The molecular formula is C21H20ClN3O2. The zero-order valence-electron chi connectivity index (χ0n) is 15.4. The summed E-state index contributed by atoms with van der Waals surface area (Å²) in [5.41, 5.74) is 3.34. The first-order valence-corrected chi connectivity index (χ1v) is 8.66. The van der Waals surface area contributed by atoms with E-state index in [1.807, 2.05) is 13.0 Å². The predicted molar refractivity (Wildman–Crippen MR) is 108 cm³/mol. The number of halogens is 1. The van der Waals surface area contributed by atoms with E-state index in [4.69, 9.17) is 27.0 Å². The van der Waals surface area contributed by atoms with Gasteiger partial charge in [0.15, 0.2) is 5.78 Å². The molecule has 2 rings (SSSR count). The molecule has 2 aromatic rings. The zero-order valence-corrected chi connectivity index (χ0v) is 16.1. The van der Waals surface area contributed by atoms with E-state index >= 15 is 0 Å². The van der Waals surface area contributed by atoms with Gasteiger partial charge in [0.1, 0.15) is 18.4 Å². The van der Waals surface area contributed by atoms with Gasteiger partial charge in [-0.3, -0.25) is 4.79 Å². The second-order valence-corrected chi connectivity index (χ2v) is 6.41. The van der Waals surface area contributed by atoms with Crippen molar-refractivity contribution in [2.24, 2.45) is 0 Å². The molecule has 27 heavy (non-hydrogen) atoms. The molecule has 6 heteroatoms. The molecular weight excluding hydrogens is 362 g/mol. The Bertz CT molecular complexity index is 958. The van der Waals surface area contributed by atoms with Crippen molar-refractivity contribution in [3.63, 3.8) is 0 Å². The van der Waals surface area contributed by atoms with E-state index in [1.165, 1.54) is 6.92 Å². The normalized spacial score (nSPS) is 11.2. The van der Waals surface area contributed by atoms with Crippen molar-refractivity contribution in [1.29, 1.82) is 10.7 Å². The van der Waals surface area contributed by atoms with Crippen molar-refractivity contribution in [3.8, 4) is 11.8 Å². The van der Waals surface area contributed by atoms with Crippen LogP contribution in [0.3, 0.4) is 0 Å². The van der Waals surface area contributed by atoms with Gasteiger partial charge >= 0.3 is 0 Å². The van der Waals surface area contributed by atoms with Crippen LogP contribution in [0.1, 0.15) is 36.7 Å². The number of carbonyl (C=O) groups excluding carboxylic acids is 1. The molecule has 2 N–H and O–H groups in total. The molecule has 0 saturated carbocycles. The van der Waals surface area contributed by atoms with Crippen molar-refractivity contribution in [2.75, 3.05) is 11.9 Å². The summed E-state index contributed by atoms with van der Waals surface area (Å²) in [6, 6.07) is 14.1. The number of rotatable bonds is 7. The Balaban J connectivity index is 2.23. The van der Waals surface area contributed by atoms with E-state index in [-0.39, 0.29) is 12.4 Å². The molecule has 0 aromatic heterocycles. The summed E-state index contributed by atoms with van der Waals surface area (Å²) < 4.78 is 5.81. The lowest BCUT2D eigenvalue weighted by Gasteiger charge is -2.16. The van der Waals surface area contributed by atoms with Crippen molar-refractivity contribution in [3.05, 3.63) is 69.9 Å². The van der Waals surface area contributed by atoms with Crippen LogP contribution in [0.4, 0.5) is 5.69 Å². The number of anilines is 1. The molecule has 0 amide bonds. The van der Waals surface area contributed by atoms with Gasteiger partial charge in [0.25, 0.3) is 0 Å². The number of nitriles is 1. The molecule has 0 aliphatic carbocycles. The first-order chi connectivity index (χ1) is 12.8. The van der Waals surface area contributed by atoms with Gasteiger partial charge in [-0.25, -0.2) is 0 Å². The minimum atomic E-state index is -0.0789. The topological polar surface area (TPSA) is 86.0 Å². The highest BCUT2D eigenvalue weighted by Gasteiger charge is 2.12. The third-order valence-corrected chi connectivity index (χ3v) is 4.28. The summed E-state index contributed by atoms with van der Waals surface area (Å²) in [6.45, 7) is 5.14. The average Bonchev–Trinajstić information content (AvgIpc) is 2.62. The number of nitrogens with one attached hydrogen (secondary N) is 2. The van der Waals surface area contributed by atoms with Gasteiger partial charge in [-0.1, -0.05) is 23.7 Å². The molecule has 5 nitrogen and oxygen atoms in total. The number of carbonyl (C=O) groups is 1. The molecule has 0 bridgehead atoms. The SMILES string of the molecule is CC(=N)/C(COc1ccccc1C(C)=O)=C(/C)Nc1ccc(C#N)c(Cl)c1. The van der Waals surface area contributed by atoms with Crippen LogP contribution in [-0.2, 0) is 0 Å². The van der Waals surface area contributed by atoms with Crippen LogP contribution < -0.4 is 10.1 Å². The number of hydrogen-bond acceptors (Lipinski definition) is 5. The fourth-order valence-corrected chi connectivity index (χ4v) is 2.73. The van der Waals surface area contributed by atoms with Gasteiger partial charge in [0.05, 0.1) is 16.1 Å². The van der Waals surface area contributed by atoms with E-state index in [9.17, 15) is 4.79 Å². The van der Waals surface area contributed by atoms with Crippen LogP contribution in [0.25, 0.3) is 0 Å². The molecule has 0 saturated heterocycles. The number of nitrogens with zero attached hydrogens (tertiary/aromatic N) is 1. The van der Waals surface area contributed by atoms with Crippen LogP contribution in [0.2, 0.25) is 5.02 Å². The maximum Gasteiger partial charge on any atom is 0.163 e. The van der Waals surface area contributed by atoms with Crippen molar-refractivity contribution < 1.29 is 9.53 Å². The van der Waals surface area contributed by atoms with Gasteiger partial charge in [0, 0.05) is 22.7 Å². The van der Waals surface area contributed by atoms with E-state index in [0.717, 1.165) is 5.70 Å². The van der Waals surface area contributed by atoms with Gasteiger partial charge in [-0.15, -0.1) is 0 Å². The fraction of sp³-hybridized carbons (Fsp3) is 0.190. The Hall–Kier alpha value is -3.10. The smallest absolute Gasteiger partial charge is 0.163 e. The number of ether oxygens (including phenoxy) is 1.